The quantitative estimate of drug-likeness (QED) is 0.356. The van der Waals surface area contributed by atoms with Crippen molar-refractivity contribution in [1.29, 1.82) is 0 Å². The van der Waals surface area contributed by atoms with Crippen molar-refractivity contribution in [2.45, 2.75) is 0 Å². The Labute approximate surface area is 214 Å². The molecule has 178 valence electrons. The topological polar surface area (TPSA) is 65.3 Å². The predicted octanol–water partition coefficient (Wildman–Crippen LogP) is 5.43. The Kier molecular flexibility index (Phi) is 5.75. The molecule has 0 radical (unpaired) electrons. The maximum atomic E-state index is 13.8. The van der Waals surface area contributed by atoms with Crippen molar-refractivity contribution >= 4 is 34.6 Å². The first kappa shape index (κ1) is 22.4. The van der Waals surface area contributed by atoms with E-state index in [0.717, 1.165) is 11.1 Å². The fraction of sp³-hybridized carbons (Fsp3) is 0.0323. The van der Waals surface area contributed by atoms with E-state index in [9.17, 15) is 9.59 Å². The van der Waals surface area contributed by atoms with E-state index in [2.05, 4.69) is 0 Å². The first-order valence-electron chi connectivity index (χ1n) is 12.0. The highest BCUT2D eigenvalue weighted by Crippen LogP contribution is 2.32. The van der Waals surface area contributed by atoms with Crippen LogP contribution in [0.3, 0.4) is 0 Å². The van der Waals surface area contributed by atoms with E-state index in [1.165, 1.54) is 10.0 Å². The second kappa shape index (κ2) is 9.51. The maximum absolute atomic E-state index is 13.8. The molecule has 0 aromatic heterocycles. The molecule has 1 atom stereocenters. The molecule has 6 heteroatoms. The van der Waals surface area contributed by atoms with Crippen LogP contribution in [0.5, 0.6) is 0 Å². The van der Waals surface area contributed by atoms with E-state index in [1.807, 2.05) is 121 Å². The molecule has 1 unspecified atom stereocenters. The Morgan fingerprint density at radius 3 is 1.62 bits per heavy atom. The van der Waals surface area contributed by atoms with Crippen LogP contribution >= 0.6 is 0 Å². The molecule has 0 aliphatic carbocycles. The highest BCUT2D eigenvalue weighted by Gasteiger charge is 2.40. The van der Waals surface area contributed by atoms with Crippen molar-refractivity contribution in [2.75, 3.05) is 10.0 Å². The summed E-state index contributed by atoms with van der Waals surface area (Å²) >= 11 is 0. The molecular formula is C31H22N4O2. The van der Waals surface area contributed by atoms with Crippen LogP contribution in [0, 0.1) is 5.92 Å². The van der Waals surface area contributed by atoms with Gasteiger partial charge in [-0.2, -0.15) is 20.2 Å². The number of carbonyl (C=O) groups is 2. The number of anilines is 2. The summed E-state index contributed by atoms with van der Waals surface area (Å²) in [4.78, 5) is 27.5. The summed E-state index contributed by atoms with van der Waals surface area (Å²) < 4.78 is 0. The monoisotopic (exact) mass is 482 g/mol. The Balaban J connectivity index is 1.48. The van der Waals surface area contributed by atoms with Crippen LogP contribution in [0.15, 0.2) is 143 Å². The van der Waals surface area contributed by atoms with Crippen molar-refractivity contribution in [3.05, 3.63) is 144 Å². The lowest BCUT2D eigenvalue weighted by Crippen LogP contribution is -2.28. The lowest BCUT2D eigenvalue weighted by molar-refractivity contribution is -0.118. The fourth-order valence-electron chi connectivity index (χ4n) is 4.50. The number of para-hydroxylation sites is 2. The number of hydrazone groups is 2. The number of amides is 2. The molecule has 0 saturated heterocycles. The number of carbonyl (C=O) groups excluding carboxylic acids is 2. The number of benzene rings is 4. The van der Waals surface area contributed by atoms with Gasteiger partial charge in [-0.25, -0.2) is 0 Å². The zero-order valence-corrected chi connectivity index (χ0v) is 19.8. The Morgan fingerprint density at radius 2 is 1.05 bits per heavy atom. The molecule has 0 fully saturated rings. The Morgan fingerprint density at radius 1 is 0.568 bits per heavy atom. The largest absolute Gasteiger partial charge is 0.280 e. The van der Waals surface area contributed by atoms with Gasteiger partial charge in [0.15, 0.2) is 0 Å². The molecule has 37 heavy (non-hydrogen) atoms. The normalized spacial score (nSPS) is 18.4. The summed E-state index contributed by atoms with van der Waals surface area (Å²) in [6.45, 7) is 0. The molecule has 4 aromatic rings. The minimum Gasteiger partial charge on any atom is -0.271 e. The second-order valence-electron chi connectivity index (χ2n) is 8.66. The van der Waals surface area contributed by atoms with Crippen LogP contribution in [0.1, 0.15) is 11.1 Å². The van der Waals surface area contributed by atoms with Crippen LogP contribution in [0.25, 0.3) is 0 Å². The molecule has 2 amide bonds. The standard InChI is InChI=1S/C31H22N4O2/c36-30-26(28(22-13-5-1-6-14-22)32-34(30)24-17-9-3-10-18-24)21-27-29(23-15-7-2-8-16-23)33-35(31(27)37)25-19-11-4-12-20-25/h1-21,26H/b27-21-. The van der Waals surface area contributed by atoms with E-state index in [-0.39, 0.29) is 11.8 Å². The lowest BCUT2D eigenvalue weighted by atomic mass is 9.92. The summed E-state index contributed by atoms with van der Waals surface area (Å²) in [5, 5.41) is 12.2. The van der Waals surface area contributed by atoms with Gasteiger partial charge in [-0.1, -0.05) is 103 Å². The van der Waals surface area contributed by atoms with Gasteiger partial charge >= 0.3 is 0 Å². The number of hydrogen-bond donors (Lipinski definition) is 0. The van der Waals surface area contributed by atoms with Crippen LogP contribution in [0.4, 0.5) is 11.4 Å². The van der Waals surface area contributed by atoms with Crippen LogP contribution in [-0.4, -0.2) is 23.2 Å². The summed E-state index contributed by atoms with van der Waals surface area (Å²) in [6, 6.07) is 37.7. The Hall–Kier alpha value is -5.10. The van der Waals surface area contributed by atoms with E-state index in [0.29, 0.717) is 28.4 Å². The SMILES string of the molecule is O=C1/C(=C\C2C(=O)N(c3ccccc3)N=C2c2ccccc2)C(c2ccccc2)=NN1c1ccccc1. The third kappa shape index (κ3) is 4.15. The molecule has 2 heterocycles. The molecule has 4 aromatic carbocycles. The maximum Gasteiger partial charge on any atom is 0.280 e. The highest BCUT2D eigenvalue weighted by molar-refractivity contribution is 6.36. The number of nitrogens with zero attached hydrogens (tertiary/aromatic N) is 4. The van der Waals surface area contributed by atoms with Gasteiger partial charge in [0.1, 0.15) is 11.6 Å². The molecule has 0 saturated carbocycles. The van der Waals surface area contributed by atoms with Gasteiger partial charge in [0.05, 0.1) is 22.7 Å². The van der Waals surface area contributed by atoms with Gasteiger partial charge in [-0.3, -0.25) is 9.59 Å². The molecule has 0 N–H and O–H groups in total. The number of hydrogen-bond acceptors (Lipinski definition) is 4. The average molecular weight is 483 g/mol. The summed E-state index contributed by atoms with van der Waals surface area (Å²) in [5.74, 6) is -1.27. The zero-order valence-electron chi connectivity index (χ0n) is 19.8. The second-order valence-corrected chi connectivity index (χ2v) is 8.66. The predicted molar refractivity (Wildman–Crippen MR) is 145 cm³/mol. The van der Waals surface area contributed by atoms with Crippen molar-refractivity contribution in [2.24, 2.45) is 16.1 Å². The third-order valence-electron chi connectivity index (χ3n) is 6.31. The van der Waals surface area contributed by atoms with Gasteiger partial charge in [0, 0.05) is 5.56 Å². The summed E-state index contributed by atoms with van der Waals surface area (Å²) in [7, 11) is 0. The van der Waals surface area contributed by atoms with Gasteiger partial charge in [0.2, 0.25) is 0 Å². The van der Waals surface area contributed by atoms with Crippen LogP contribution in [-0.2, 0) is 9.59 Å². The van der Waals surface area contributed by atoms with E-state index in [4.69, 9.17) is 10.2 Å². The van der Waals surface area contributed by atoms with Gasteiger partial charge in [-0.15, -0.1) is 0 Å². The highest BCUT2D eigenvalue weighted by atomic mass is 16.2. The summed E-state index contributed by atoms with van der Waals surface area (Å²) in [6.07, 6.45) is 1.72. The van der Waals surface area contributed by atoms with Crippen molar-refractivity contribution in [3.63, 3.8) is 0 Å². The lowest BCUT2D eigenvalue weighted by Gasteiger charge is -2.14. The zero-order chi connectivity index (χ0) is 25.2. The van der Waals surface area contributed by atoms with Gasteiger partial charge in [0.25, 0.3) is 11.8 Å². The fourth-order valence-corrected chi connectivity index (χ4v) is 4.50. The first-order valence-corrected chi connectivity index (χ1v) is 12.0. The average Bonchev–Trinajstić information content (AvgIpc) is 3.47. The van der Waals surface area contributed by atoms with Crippen LogP contribution < -0.4 is 10.0 Å². The van der Waals surface area contributed by atoms with E-state index in [1.54, 1.807) is 6.08 Å². The van der Waals surface area contributed by atoms with E-state index >= 15 is 0 Å². The molecule has 0 bridgehead atoms. The summed E-state index contributed by atoms with van der Waals surface area (Å²) in [5.41, 5.74) is 4.41. The molecule has 2 aliphatic heterocycles. The Bertz CT molecular complexity index is 1550. The molecule has 0 spiro atoms. The van der Waals surface area contributed by atoms with E-state index < -0.39 is 5.92 Å². The molecular weight excluding hydrogens is 460 g/mol. The van der Waals surface area contributed by atoms with Crippen molar-refractivity contribution in [1.82, 2.24) is 0 Å². The van der Waals surface area contributed by atoms with Gasteiger partial charge in [-0.05, 0) is 29.8 Å². The molecule has 6 nitrogen and oxygen atoms in total. The number of rotatable bonds is 5. The molecule has 6 rings (SSSR count). The smallest absolute Gasteiger partial charge is 0.271 e. The first-order chi connectivity index (χ1) is 18.2. The van der Waals surface area contributed by atoms with Crippen molar-refractivity contribution < 1.29 is 9.59 Å². The van der Waals surface area contributed by atoms with Gasteiger partial charge < -0.3 is 0 Å². The minimum atomic E-state index is -0.758. The third-order valence-corrected chi connectivity index (χ3v) is 6.31. The van der Waals surface area contributed by atoms with Crippen molar-refractivity contribution in [3.8, 4) is 0 Å². The minimum absolute atomic E-state index is 0.226. The molecule has 2 aliphatic rings. The van der Waals surface area contributed by atoms with Crippen LogP contribution in [0.2, 0.25) is 0 Å².